The number of aromatic nitrogens is 3. The number of amides is 1. The average molecular weight is 291 g/mol. The van der Waals surface area contributed by atoms with Gasteiger partial charge in [-0.1, -0.05) is 29.0 Å². The monoisotopic (exact) mass is 290 g/mol. The molecule has 3 rings (SSSR count). The van der Waals surface area contributed by atoms with Gasteiger partial charge in [-0.05, 0) is 12.1 Å². The summed E-state index contributed by atoms with van der Waals surface area (Å²) < 4.78 is 0.918. The summed E-state index contributed by atoms with van der Waals surface area (Å²) in [5, 5.41) is 3.73. The van der Waals surface area contributed by atoms with Crippen molar-refractivity contribution in [1.82, 2.24) is 15.0 Å². The van der Waals surface area contributed by atoms with E-state index in [9.17, 15) is 4.79 Å². The van der Waals surface area contributed by atoms with Crippen LogP contribution in [0.4, 0.5) is 5.13 Å². The summed E-state index contributed by atoms with van der Waals surface area (Å²) in [6, 6.07) is 5.51. The smallest absolute Gasteiger partial charge is 0.277 e. The Morgan fingerprint density at radius 1 is 1.32 bits per heavy atom. The Bertz CT molecular complexity index is 744. The number of hydrogen-bond acceptors (Lipinski definition) is 5. The first-order chi connectivity index (χ1) is 9.24. The van der Waals surface area contributed by atoms with Gasteiger partial charge in [0.2, 0.25) is 0 Å². The van der Waals surface area contributed by atoms with Crippen molar-refractivity contribution in [3.63, 3.8) is 0 Å². The molecule has 0 bridgehead atoms. The van der Waals surface area contributed by atoms with Crippen molar-refractivity contribution in [2.45, 2.75) is 0 Å². The topological polar surface area (TPSA) is 67.8 Å². The summed E-state index contributed by atoms with van der Waals surface area (Å²) in [6.45, 7) is 0. The molecule has 2 heterocycles. The quantitative estimate of drug-likeness (QED) is 0.788. The van der Waals surface area contributed by atoms with Crippen LogP contribution >= 0.6 is 22.9 Å². The maximum atomic E-state index is 11.9. The second-order valence-corrected chi connectivity index (χ2v) is 5.09. The van der Waals surface area contributed by atoms with Crippen molar-refractivity contribution >= 4 is 44.2 Å². The fourth-order valence-corrected chi connectivity index (χ4v) is 2.71. The number of benzene rings is 1. The lowest BCUT2D eigenvalue weighted by molar-refractivity contribution is 0.102. The predicted molar refractivity (Wildman–Crippen MR) is 74.6 cm³/mol. The molecular formula is C12H7ClN4OS. The molecule has 0 fully saturated rings. The van der Waals surface area contributed by atoms with E-state index in [1.54, 1.807) is 6.07 Å². The Morgan fingerprint density at radius 3 is 2.95 bits per heavy atom. The molecule has 0 unspecified atom stereocenters. The van der Waals surface area contributed by atoms with Crippen molar-refractivity contribution in [2.75, 3.05) is 5.32 Å². The molecule has 1 N–H and O–H groups in total. The minimum atomic E-state index is -0.344. The number of hydrogen-bond donors (Lipinski definition) is 1. The molecule has 5 nitrogen and oxygen atoms in total. The van der Waals surface area contributed by atoms with Crippen LogP contribution in [0.3, 0.4) is 0 Å². The summed E-state index contributed by atoms with van der Waals surface area (Å²) in [7, 11) is 0. The zero-order valence-electron chi connectivity index (χ0n) is 9.50. The van der Waals surface area contributed by atoms with E-state index in [2.05, 4.69) is 20.3 Å². The standard InChI is InChI=1S/C12H7ClN4OS/c13-7-2-1-3-9-10(7)16-12(19-9)17-11(18)8-6-14-4-5-15-8/h1-6H,(H,16,17,18). The lowest BCUT2D eigenvalue weighted by Crippen LogP contribution is -2.13. The van der Waals surface area contributed by atoms with Crippen LogP contribution in [0.25, 0.3) is 10.2 Å². The minimum Gasteiger partial charge on any atom is -0.296 e. The zero-order chi connectivity index (χ0) is 13.2. The first-order valence-electron chi connectivity index (χ1n) is 5.36. The van der Waals surface area contributed by atoms with E-state index in [4.69, 9.17) is 11.6 Å². The maximum Gasteiger partial charge on any atom is 0.277 e. The molecule has 19 heavy (non-hydrogen) atoms. The lowest BCUT2D eigenvalue weighted by Gasteiger charge is -1.98. The molecule has 0 saturated heterocycles. The van der Waals surface area contributed by atoms with Crippen molar-refractivity contribution < 1.29 is 4.79 Å². The average Bonchev–Trinajstić information content (AvgIpc) is 2.84. The van der Waals surface area contributed by atoms with Gasteiger partial charge in [-0.3, -0.25) is 15.1 Å². The largest absolute Gasteiger partial charge is 0.296 e. The number of anilines is 1. The van der Waals surface area contributed by atoms with E-state index >= 15 is 0 Å². The number of nitrogens with one attached hydrogen (secondary N) is 1. The molecule has 0 radical (unpaired) electrons. The number of rotatable bonds is 2. The normalized spacial score (nSPS) is 10.6. The Morgan fingerprint density at radius 2 is 2.21 bits per heavy atom. The second-order valence-electron chi connectivity index (χ2n) is 3.65. The number of carbonyl (C=O) groups excluding carboxylic acids is 1. The van der Waals surface area contributed by atoms with Gasteiger partial charge in [0.15, 0.2) is 5.13 Å². The summed E-state index contributed by atoms with van der Waals surface area (Å²) >= 11 is 7.39. The van der Waals surface area contributed by atoms with Gasteiger partial charge in [0.25, 0.3) is 5.91 Å². The van der Waals surface area contributed by atoms with Crippen molar-refractivity contribution in [2.24, 2.45) is 0 Å². The van der Waals surface area contributed by atoms with E-state index in [1.807, 2.05) is 12.1 Å². The van der Waals surface area contributed by atoms with E-state index in [1.165, 1.54) is 29.9 Å². The molecular weight excluding hydrogens is 284 g/mol. The molecule has 94 valence electrons. The summed E-state index contributed by atoms with van der Waals surface area (Å²) in [5.74, 6) is -0.344. The highest BCUT2D eigenvalue weighted by Gasteiger charge is 2.12. The van der Waals surface area contributed by atoms with Gasteiger partial charge in [0.1, 0.15) is 11.2 Å². The Kier molecular flexibility index (Phi) is 3.10. The zero-order valence-corrected chi connectivity index (χ0v) is 11.1. The molecule has 1 amide bonds. The lowest BCUT2D eigenvalue weighted by atomic mass is 10.3. The Labute approximate surface area is 117 Å². The highest BCUT2D eigenvalue weighted by Crippen LogP contribution is 2.30. The molecule has 0 atom stereocenters. The predicted octanol–water partition coefficient (Wildman–Crippen LogP) is 2.99. The maximum absolute atomic E-state index is 11.9. The van der Waals surface area contributed by atoms with Gasteiger partial charge in [-0.15, -0.1) is 0 Å². The first-order valence-corrected chi connectivity index (χ1v) is 6.56. The highest BCUT2D eigenvalue weighted by atomic mass is 35.5. The fraction of sp³-hybridized carbons (Fsp3) is 0. The fourth-order valence-electron chi connectivity index (χ4n) is 1.55. The third kappa shape index (κ3) is 2.40. The van der Waals surface area contributed by atoms with Crippen LogP contribution in [-0.2, 0) is 0 Å². The number of carbonyl (C=O) groups is 1. The van der Waals surface area contributed by atoms with Gasteiger partial charge < -0.3 is 0 Å². The molecule has 0 spiro atoms. The number of fused-ring (bicyclic) bond motifs is 1. The van der Waals surface area contributed by atoms with Crippen LogP contribution in [0.2, 0.25) is 5.02 Å². The third-order valence-corrected chi connectivity index (χ3v) is 3.63. The number of thiazole rings is 1. The minimum absolute atomic E-state index is 0.243. The SMILES string of the molecule is O=C(Nc1nc2c(Cl)cccc2s1)c1cnccn1. The van der Waals surface area contributed by atoms with E-state index in [0.717, 1.165) is 4.70 Å². The third-order valence-electron chi connectivity index (χ3n) is 2.39. The van der Waals surface area contributed by atoms with E-state index in [0.29, 0.717) is 15.7 Å². The van der Waals surface area contributed by atoms with Crippen LogP contribution in [0, 0.1) is 0 Å². The van der Waals surface area contributed by atoms with Gasteiger partial charge >= 0.3 is 0 Å². The van der Waals surface area contributed by atoms with Gasteiger partial charge in [0, 0.05) is 12.4 Å². The number of halogens is 1. The molecule has 0 saturated carbocycles. The van der Waals surface area contributed by atoms with Crippen LogP contribution in [-0.4, -0.2) is 20.9 Å². The Hall–Kier alpha value is -2.05. The first kappa shape index (κ1) is 12.0. The van der Waals surface area contributed by atoms with E-state index < -0.39 is 0 Å². The molecule has 0 aliphatic heterocycles. The second kappa shape index (κ2) is 4.91. The van der Waals surface area contributed by atoms with Gasteiger partial charge in [-0.2, -0.15) is 0 Å². The van der Waals surface area contributed by atoms with Crippen molar-refractivity contribution in [3.8, 4) is 0 Å². The van der Waals surface area contributed by atoms with Crippen LogP contribution in [0.1, 0.15) is 10.5 Å². The van der Waals surface area contributed by atoms with Gasteiger partial charge in [0.05, 0.1) is 15.9 Å². The highest BCUT2D eigenvalue weighted by molar-refractivity contribution is 7.22. The Balaban J connectivity index is 1.90. The van der Waals surface area contributed by atoms with E-state index in [-0.39, 0.29) is 11.6 Å². The summed E-state index contributed by atoms with van der Waals surface area (Å²) in [4.78, 5) is 23.9. The summed E-state index contributed by atoms with van der Waals surface area (Å²) in [6.07, 6.45) is 4.37. The van der Waals surface area contributed by atoms with Crippen LogP contribution < -0.4 is 5.32 Å². The molecule has 2 aromatic heterocycles. The molecule has 0 aliphatic carbocycles. The van der Waals surface area contributed by atoms with Crippen LogP contribution in [0.15, 0.2) is 36.8 Å². The van der Waals surface area contributed by atoms with Crippen LogP contribution in [0.5, 0.6) is 0 Å². The number of para-hydroxylation sites is 1. The molecule has 0 aliphatic rings. The van der Waals surface area contributed by atoms with Gasteiger partial charge in [-0.25, -0.2) is 9.97 Å². The van der Waals surface area contributed by atoms with Crippen molar-refractivity contribution in [3.05, 3.63) is 47.5 Å². The molecule has 7 heteroatoms. The van der Waals surface area contributed by atoms with Crippen molar-refractivity contribution in [1.29, 1.82) is 0 Å². The summed E-state index contributed by atoms with van der Waals surface area (Å²) in [5.41, 5.74) is 0.927. The number of nitrogens with zero attached hydrogens (tertiary/aromatic N) is 3. The molecule has 1 aromatic carbocycles. The molecule has 3 aromatic rings.